The minimum atomic E-state index is -4.55. The second-order valence-electron chi connectivity index (χ2n) is 13.1. The van der Waals surface area contributed by atoms with Crippen LogP contribution in [0.15, 0.2) is 48.8 Å². The maximum absolute atomic E-state index is 14.2. The molecular formula is C35H36F4N6O3. The Morgan fingerprint density at radius 3 is 2.56 bits per heavy atom. The van der Waals surface area contributed by atoms with E-state index in [-0.39, 0.29) is 49.6 Å². The first kappa shape index (κ1) is 32.3. The number of carbonyl (C=O) groups excluding carboxylic acids is 1. The third-order valence-electron chi connectivity index (χ3n) is 10.3. The normalized spacial score (nSPS) is 22.3. The van der Waals surface area contributed by atoms with Crippen molar-refractivity contribution in [3.05, 3.63) is 82.6 Å². The van der Waals surface area contributed by atoms with Crippen LogP contribution in [0.3, 0.4) is 0 Å². The van der Waals surface area contributed by atoms with Crippen LogP contribution in [0.2, 0.25) is 0 Å². The van der Waals surface area contributed by atoms with Gasteiger partial charge in [-0.3, -0.25) is 9.69 Å². The van der Waals surface area contributed by atoms with Crippen molar-refractivity contribution in [1.29, 1.82) is 0 Å². The summed E-state index contributed by atoms with van der Waals surface area (Å²) in [7, 11) is 0. The standard InChI is InChI=1S/C35H36F4N6O3/c1-22(36)32(46)45-16-15-43(19-24(45)18-40-2)31-26-20-47-29(25-9-3-7-23-8-4-10-27(30(23)25)35(37,38)39)17-28(26)41-33(42-31)48-21-34-11-5-13-44(34)14-6-12-34/h3-4,7-10,24,29H,1,5-6,11-21H2/t24-,29?/m0/s1. The van der Waals surface area contributed by atoms with E-state index in [1.807, 2.05) is 4.90 Å². The number of hydrogen-bond acceptors (Lipinski definition) is 7. The molecule has 48 heavy (non-hydrogen) atoms. The van der Waals surface area contributed by atoms with Crippen molar-refractivity contribution in [3.8, 4) is 6.01 Å². The van der Waals surface area contributed by atoms with Crippen molar-refractivity contribution in [2.45, 2.75) is 62.6 Å². The Morgan fingerprint density at radius 2 is 1.85 bits per heavy atom. The number of anilines is 1. The fraction of sp³-hybridized carbons (Fsp3) is 0.486. The van der Waals surface area contributed by atoms with E-state index in [1.165, 1.54) is 11.0 Å². The van der Waals surface area contributed by atoms with Gasteiger partial charge in [0.1, 0.15) is 18.5 Å². The predicted molar refractivity (Wildman–Crippen MR) is 170 cm³/mol. The van der Waals surface area contributed by atoms with Crippen LogP contribution in [-0.4, -0.2) is 83.1 Å². The summed E-state index contributed by atoms with van der Waals surface area (Å²) < 4.78 is 69.1. The van der Waals surface area contributed by atoms with Crippen molar-refractivity contribution in [2.75, 3.05) is 50.8 Å². The highest BCUT2D eigenvalue weighted by molar-refractivity contribution is 5.91. The number of hydrogen-bond donors (Lipinski definition) is 0. The van der Waals surface area contributed by atoms with Crippen LogP contribution in [0.4, 0.5) is 23.4 Å². The number of aromatic nitrogens is 2. The summed E-state index contributed by atoms with van der Waals surface area (Å²) in [6.45, 7) is 13.7. The summed E-state index contributed by atoms with van der Waals surface area (Å²) in [4.78, 5) is 31.5. The Bertz CT molecular complexity index is 1780. The van der Waals surface area contributed by atoms with Crippen LogP contribution in [-0.2, 0) is 28.7 Å². The number of halogens is 4. The number of fused-ring (bicyclic) bond motifs is 3. The molecule has 3 saturated heterocycles. The van der Waals surface area contributed by atoms with E-state index >= 15 is 0 Å². The summed E-state index contributed by atoms with van der Waals surface area (Å²) >= 11 is 0. The van der Waals surface area contributed by atoms with Crippen LogP contribution in [0.25, 0.3) is 15.6 Å². The highest BCUT2D eigenvalue weighted by Crippen LogP contribution is 2.43. The minimum Gasteiger partial charge on any atom is -0.461 e. The van der Waals surface area contributed by atoms with Gasteiger partial charge in [-0.15, -0.1) is 0 Å². The summed E-state index contributed by atoms with van der Waals surface area (Å²) in [6, 6.07) is 8.78. The number of amides is 1. The lowest BCUT2D eigenvalue weighted by molar-refractivity contribution is -0.136. The third-order valence-corrected chi connectivity index (χ3v) is 10.3. The number of carbonyl (C=O) groups is 1. The fourth-order valence-electron chi connectivity index (χ4n) is 8.02. The molecule has 9 nitrogen and oxygen atoms in total. The second-order valence-corrected chi connectivity index (χ2v) is 13.1. The average molecular weight is 665 g/mol. The molecule has 0 bridgehead atoms. The van der Waals surface area contributed by atoms with Crippen LogP contribution in [0, 0.1) is 6.57 Å². The van der Waals surface area contributed by atoms with E-state index in [0.29, 0.717) is 41.2 Å². The predicted octanol–water partition coefficient (Wildman–Crippen LogP) is 5.89. The summed E-state index contributed by atoms with van der Waals surface area (Å²) in [5.41, 5.74) is 0.924. The van der Waals surface area contributed by atoms with Crippen LogP contribution >= 0.6 is 0 Å². The Hall–Kier alpha value is -4.28. The zero-order valence-corrected chi connectivity index (χ0v) is 26.4. The van der Waals surface area contributed by atoms with Gasteiger partial charge in [0.25, 0.3) is 5.91 Å². The number of ether oxygens (including phenoxy) is 2. The van der Waals surface area contributed by atoms with Gasteiger partial charge in [-0.1, -0.05) is 36.9 Å². The molecule has 1 unspecified atom stereocenters. The highest BCUT2D eigenvalue weighted by atomic mass is 19.4. The van der Waals surface area contributed by atoms with E-state index in [4.69, 9.17) is 26.0 Å². The minimum absolute atomic E-state index is 0.0335. The van der Waals surface area contributed by atoms with Gasteiger partial charge in [0.15, 0.2) is 5.83 Å². The zero-order chi connectivity index (χ0) is 33.6. The SMILES string of the molecule is [C-]#[N+]C[C@H]1CN(c2nc(OCC34CCCN3CCC4)nc3c2COC(c2cccc4cccc(C(F)(F)F)c24)C3)CCN1C(=O)C(=C)F. The lowest BCUT2D eigenvalue weighted by Gasteiger charge is -2.40. The lowest BCUT2D eigenvalue weighted by atomic mass is 9.92. The molecule has 13 heteroatoms. The van der Waals surface area contributed by atoms with Crippen molar-refractivity contribution in [1.82, 2.24) is 19.8 Å². The van der Waals surface area contributed by atoms with E-state index < -0.39 is 35.6 Å². The molecule has 7 rings (SSSR count). The van der Waals surface area contributed by atoms with E-state index in [1.54, 1.807) is 24.3 Å². The number of alkyl halides is 3. The van der Waals surface area contributed by atoms with Gasteiger partial charge in [-0.05, 0) is 61.2 Å². The summed E-state index contributed by atoms with van der Waals surface area (Å²) in [5, 5.41) is 0.570. The van der Waals surface area contributed by atoms with Gasteiger partial charge in [0, 0.05) is 31.6 Å². The molecule has 0 aliphatic carbocycles. The topological polar surface area (TPSA) is 75.4 Å². The first-order chi connectivity index (χ1) is 23.1. The second kappa shape index (κ2) is 12.6. The maximum Gasteiger partial charge on any atom is 0.417 e. The first-order valence-electron chi connectivity index (χ1n) is 16.3. The largest absolute Gasteiger partial charge is 0.461 e. The van der Waals surface area contributed by atoms with Gasteiger partial charge in [-0.2, -0.15) is 23.1 Å². The molecule has 0 radical (unpaired) electrons. The Labute approximate surface area is 275 Å². The molecule has 1 amide bonds. The van der Waals surface area contributed by atoms with Gasteiger partial charge in [-0.25, -0.2) is 11.0 Å². The number of nitrogens with zero attached hydrogens (tertiary/aromatic N) is 6. The van der Waals surface area contributed by atoms with E-state index in [0.717, 1.165) is 44.8 Å². The van der Waals surface area contributed by atoms with Gasteiger partial charge < -0.3 is 24.1 Å². The molecule has 1 aromatic heterocycles. The summed E-state index contributed by atoms with van der Waals surface area (Å²) in [5.74, 6) is -1.40. The molecule has 3 fully saturated rings. The molecule has 252 valence electrons. The van der Waals surface area contributed by atoms with Gasteiger partial charge >= 0.3 is 12.2 Å². The van der Waals surface area contributed by atoms with Gasteiger partial charge in [0.2, 0.25) is 6.54 Å². The van der Waals surface area contributed by atoms with Crippen molar-refractivity contribution < 1.29 is 31.8 Å². The van der Waals surface area contributed by atoms with E-state index in [9.17, 15) is 22.4 Å². The molecule has 0 N–H and O–H groups in total. The fourth-order valence-corrected chi connectivity index (χ4v) is 8.02. The number of rotatable bonds is 7. The van der Waals surface area contributed by atoms with Crippen LogP contribution in [0.1, 0.15) is 54.2 Å². The number of piperazine rings is 1. The molecule has 0 saturated carbocycles. The first-order valence-corrected chi connectivity index (χ1v) is 16.3. The van der Waals surface area contributed by atoms with Crippen molar-refractivity contribution in [2.24, 2.45) is 0 Å². The summed E-state index contributed by atoms with van der Waals surface area (Å²) in [6.07, 6.45) is -0.823. The average Bonchev–Trinajstić information content (AvgIpc) is 3.66. The molecule has 2 atom stereocenters. The Kier molecular flexibility index (Phi) is 8.49. The highest BCUT2D eigenvalue weighted by Gasteiger charge is 2.45. The van der Waals surface area contributed by atoms with Crippen molar-refractivity contribution >= 4 is 22.5 Å². The molecular weight excluding hydrogens is 628 g/mol. The third kappa shape index (κ3) is 5.85. The van der Waals surface area contributed by atoms with Gasteiger partial charge in [0.05, 0.1) is 29.5 Å². The maximum atomic E-state index is 14.2. The molecule has 0 spiro atoms. The van der Waals surface area contributed by atoms with Crippen LogP contribution < -0.4 is 9.64 Å². The number of benzene rings is 2. The van der Waals surface area contributed by atoms with E-state index in [2.05, 4.69) is 16.3 Å². The molecule has 2 aromatic carbocycles. The Morgan fingerprint density at radius 1 is 1.10 bits per heavy atom. The van der Waals surface area contributed by atoms with Crippen molar-refractivity contribution in [3.63, 3.8) is 0 Å². The molecule has 4 aliphatic heterocycles. The molecule has 3 aromatic rings. The van der Waals surface area contributed by atoms with Crippen LogP contribution in [0.5, 0.6) is 6.01 Å². The zero-order valence-electron chi connectivity index (χ0n) is 26.4. The smallest absolute Gasteiger partial charge is 0.417 e. The lowest BCUT2D eigenvalue weighted by Crippen LogP contribution is -2.57. The Balaban J connectivity index is 1.25. The monoisotopic (exact) mass is 664 g/mol. The molecule has 4 aliphatic rings. The quantitative estimate of drug-likeness (QED) is 0.177. The molecule has 5 heterocycles.